The molecule has 0 bridgehead atoms. The van der Waals surface area contributed by atoms with E-state index in [9.17, 15) is 0 Å². The van der Waals surface area contributed by atoms with Gasteiger partial charge >= 0.3 is 0 Å². The fourth-order valence-electron chi connectivity index (χ4n) is 0.916. The van der Waals surface area contributed by atoms with Gasteiger partial charge in [-0.25, -0.2) is 0 Å². The monoisotopic (exact) mass is 219 g/mol. The molecule has 0 aliphatic carbocycles. The van der Waals surface area contributed by atoms with E-state index in [1.165, 1.54) is 13.3 Å². The summed E-state index contributed by atoms with van der Waals surface area (Å²) in [4.78, 5) is 0. The van der Waals surface area contributed by atoms with E-state index in [4.69, 9.17) is 33.1 Å². The highest BCUT2D eigenvalue weighted by Crippen LogP contribution is 2.33. The number of ether oxygens (including phenoxy) is 1. The van der Waals surface area contributed by atoms with Crippen LogP contribution in [0.2, 0.25) is 10.0 Å². The average Bonchev–Trinajstić information content (AvgIpc) is 2.04. The van der Waals surface area contributed by atoms with Crippen LogP contribution < -0.4 is 4.74 Å². The third-order valence-corrected chi connectivity index (χ3v) is 1.99. The molecule has 3 nitrogen and oxygen atoms in total. The molecule has 70 valence electrons. The summed E-state index contributed by atoms with van der Waals surface area (Å²) in [5.74, 6) is 0.415. The van der Waals surface area contributed by atoms with E-state index in [0.717, 1.165) is 0 Å². The van der Waals surface area contributed by atoms with Gasteiger partial charge in [-0.15, -0.1) is 0 Å². The van der Waals surface area contributed by atoms with Crippen molar-refractivity contribution in [2.24, 2.45) is 5.16 Å². The second kappa shape index (κ2) is 4.35. The number of oxime groups is 1. The highest BCUT2D eigenvalue weighted by atomic mass is 35.5. The van der Waals surface area contributed by atoms with Crippen LogP contribution in [-0.2, 0) is 0 Å². The predicted octanol–water partition coefficient (Wildman–Crippen LogP) is 2.81. The number of halogens is 2. The third kappa shape index (κ3) is 2.26. The third-order valence-electron chi connectivity index (χ3n) is 1.43. The average molecular weight is 220 g/mol. The maximum atomic E-state index is 8.28. The van der Waals surface area contributed by atoms with Crippen LogP contribution in [0.4, 0.5) is 0 Å². The van der Waals surface area contributed by atoms with Gasteiger partial charge in [-0.05, 0) is 17.7 Å². The van der Waals surface area contributed by atoms with Crippen molar-refractivity contribution < 1.29 is 9.94 Å². The Bertz CT molecular complexity index is 316. The van der Waals surface area contributed by atoms with Crippen LogP contribution in [0.1, 0.15) is 5.56 Å². The van der Waals surface area contributed by atoms with E-state index in [-0.39, 0.29) is 0 Å². The maximum absolute atomic E-state index is 8.28. The molecule has 0 amide bonds. The summed E-state index contributed by atoms with van der Waals surface area (Å²) >= 11 is 11.6. The largest absolute Gasteiger partial charge is 0.494 e. The Morgan fingerprint density at radius 2 is 1.92 bits per heavy atom. The molecule has 0 radical (unpaired) electrons. The summed E-state index contributed by atoms with van der Waals surface area (Å²) in [6.45, 7) is 0. The lowest BCUT2D eigenvalue weighted by atomic mass is 10.2. The molecule has 0 fully saturated rings. The molecule has 0 aromatic heterocycles. The smallest absolute Gasteiger partial charge is 0.156 e. The maximum Gasteiger partial charge on any atom is 0.156 e. The highest BCUT2D eigenvalue weighted by Gasteiger charge is 2.07. The molecule has 1 N–H and O–H groups in total. The Morgan fingerprint density at radius 1 is 1.38 bits per heavy atom. The van der Waals surface area contributed by atoms with Crippen molar-refractivity contribution in [1.82, 2.24) is 0 Å². The van der Waals surface area contributed by atoms with Crippen LogP contribution in [0.25, 0.3) is 0 Å². The van der Waals surface area contributed by atoms with Gasteiger partial charge in [-0.2, -0.15) is 0 Å². The number of methoxy groups -OCH3 is 1. The Kier molecular flexibility index (Phi) is 3.39. The summed E-state index contributed by atoms with van der Waals surface area (Å²) in [5, 5.41) is 11.9. The van der Waals surface area contributed by atoms with Crippen LogP contribution in [0.5, 0.6) is 5.75 Å². The van der Waals surface area contributed by atoms with E-state index in [0.29, 0.717) is 21.4 Å². The van der Waals surface area contributed by atoms with Gasteiger partial charge in [0.1, 0.15) is 0 Å². The van der Waals surface area contributed by atoms with E-state index in [2.05, 4.69) is 5.16 Å². The summed E-state index contributed by atoms with van der Waals surface area (Å²) in [6, 6.07) is 3.18. The molecule has 0 atom stereocenters. The van der Waals surface area contributed by atoms with Gasteiger partial charge < -0.3 is 9.94 Å². The van der Waals surface area contributed by atoms with Gasteiger partial charge in [0, 0.05) is 0 Å². The van der Waals surface area contributed by atoms with Crippen molar-refractivity contribution >= 4 is 29.4 Å². The van der Waals surface area contributed by atoms with Crippen molar-refractivity contribution in [3.05, 3.63) is 27.7 Å². The van der Waals surface area contributed by atoms with Gasteiger partial charge in [0.2, 0.25) is 0 Å². The van der Waals surface area contributed by atoms with Gasteiger partial charge in [0.15, 0.2) is 5.75 Å². The molecule has 1 rings (SSSR count). The molecule has 0 heterocycles. The minimum absolute atomic E-state index is 0.380. The van der Waals surface area contributed by atoms with Crippen molar-refractivity contribution in [1.29, 1.82) is 0 Å². The Hall–Kier alpha value is -0.930. The Labute approximate surface area is 85.5 Å². The molecule has 1 aromatic rings. The first-order valence-electron chi connectivity index (χ1n) is 3.39. The quantitative estimate of drug-likeness (QED) is 0.473. The lowest BCUT2D eigenvalue weighted by Gasteiger charge is -2.05. The van der Waals surface area contributed by atoms with Crippen LogP contribution in [0, 0.1) is 0 Å². The van der Waals surface area contributed by atoms with E-state index >= 15 is 0 Å². The molecule has 13 heavy (non-hydrogen) atoms. The molecule has 0 saturated carbocycles. The first-order valence-corrected chi connectivity index (χ1v) is 4.15. The molecule has 0 unspecified atom stereocenters. The standard InChI is InChI=1S/C8H7Cl2NO2/c1-13-8-6(9)2-5(4-11-12)3-7(8)10/h2-4,12H,1H3/b11-4-. The SMILES string of the molecule is COc1c(Cl)cc(/C=N\O)cc1Cl. The Morgan fingerprint density at radius 3 is 2.31 bits per heavy atom. The summed E-state index contributed by atoms with van der Waals surface area (Å²) in [7, 11) is 1.48. The zero-order chi connectivity index (χ0) is 9.84. The highest BCUT2D eigenvalue weighted by molar-refractivity contribution is 6.37. The fourth-order valence-corrected chi connectivity index (χ4v) is 1.57. The van der Waals surface area contributed by atoms with Gasteiger partial charge in [-0.1, -0.05) is 28.4 Å². The number of hydrogen-bond donors (Lipinski definition) is 1. The molecule has 0 spiro atoms. The molecule has 0 aliphatic rings. The van der Waals surface area contributed by atoms with Crippen LogP contribution in [-0.4, -0.2) is 18.5 Å². The minimum Gasteiger partial charge on any atom is -0.494 e. The van der Waals surface area contributed by atoms with Crippen molar-refractivity contribution in [2.75, 3.05) is 7.11 Å². The predicted molar refractivity (Wildman–Crippen MR) is 52.4 cm³/mol. The molecule has 0 saturated heterocycles. The Balaban J connectivity index is 3.20. The van der Waals surface area contributed by atoms with Crippen LogP contribution in [0.3, 0.4) is 0 Å². The number of rotatable bonds is 2. The van der Waals surface area contributed by atoms with E-state index < -0.39 is 0 Å². The number of hydrogen-bond acceptors (Lipinski definition) is 3. The first-order chi connectivity index (χ1) is 6.19. The van der Waals surface area contributed by atoms with Gasteiger partial charge in [0.05, 0.1) is 23.4 Å². The van der Waals surface area contributed by atoms with E-state index in [1.807, 2.05) is 0 Å². The molecular formula is C8H7Cl2NO2. The second-order valence-corrected chi connectivity index (χ2v) is 3.08. The summed E-state index contributed by atoms with van der Waals surface area (Å²) in [5.41, 5.74) is 0.610. The molecule has 5 heteroatoms. The van der Waals surface area contributed by atoms with Gasteiger partial charge in [-0.3, -0.25) is 0 Å². The lowest BCUT2D eigenvalue weighted by molar-refractivity contribution is 0.322. The first kappa shape index (κ1) is 10.2. The summed E-state index contributed by atoms with van der Waals surface area (Å²) in [6.07, 6.45) is 1.23. The molecule has 0 aliphatic heterocycles. The van der Waals surface area contributed by atoms with Gasteiger partial charge in [0.25, 0.3) is 0 Å². The minimum atomic E-state index is 0.380. The lowest BCUT2D eigenvalue weighted by Crippen LogP contribution is -1.88. The van der Waals surface area contributed by atoms with Crippen molar-refractivity contribution in [3.63, 3.8) is 0 Å². The van der Waals surface area contributed by atoms with Crippen LogP contribution >= 0.6 is 23.2 Å². The summed E-state index contributed by atoms with van der Waals surface area (Å²) < 4.78 is 4.94. The fraction of sp³-hybridized carbons (Fsp3) is 0.125. The normalized spacial score (nSPS) is 10.7. The zero-order valence-electron chi connectivity index (χ0n) is 6.79. The van der Waals surface area contributed by atoms with Crippen molar-refractivity contribution in [2.45, 2.75) is 0 Å². The van der Waals surface area contributed by atoms with Crippen LogP contribution in [0.15, 0.2) is 17.3 Å². The zero-order valence-corrected chi connectivity index (χ0v) is 8.30. The molecule has 1 aromatic carbocycles. The van der Waals surface area contributed by atoms with E-state index in [1.54, 1.807) is 12.1 Å². The number of benzene rings is 1. The topological polar surface area (TPSA) is 41.8 Å². The molecular weight excluding hydrogens is 213 g/mol. The number of nitrogens with zero attached hydrogens (tertiary/aromatic N) is 1. The second-order valence-electron chi connectivity index (χ2n) is 2.26. The van der Waals surface area contributed by atoms with Crippen molar-refractivity contribution in [3.8, 4) is 5.75 Å².